The Kier molecular flexibility index (Phi) is 5.03. The van der Waals surface area contributed by atoms with Crippen LogP contribution < -0.4 is 5.32 Å². The fraction of sp³-hybridized carbons (Fsp3) is 0.364. The van der Waals surface area contributed by atoms with Crippen molar-refractivity contribution in [2.75, 3.05) is 20.1 Å². The number of amides is 2. The molecule has 0 saturated carbocycles. The third kappa shape index (κ3) is 3.66. The number of halogens is 2. The lowest BCUT2D eigenvalue weighted by molar-refractivity contribution is -0.121. The highest BCUT2D eigenvalue weighted by molar-refractivity contribution is 6.32. The van der Waals surface area contributed by atoms with Gasteiger partial charge in [-0.3, -0.25) is 9.59 Å². The molecule has 2 amide bonds. The lowest BCUT2D eigenvalue weighted by atomic mass is 10.2. The summed E-state index contributed by atoms with van der Waals surface area (Å²) in [4.78, 5) is 27.9. The Morgan fingerprint density at radius 1 is 1.56 bits per heavy atom. The van der Waals surface area contributed by atoms with Crippen LogP contribution in [0.5, 0.6) is 0 Å². The summed E-state index contributed by atoms with van der Waals surface area (Å²) in [5.74, 6) is -1.51. The van der Waals surface area contributed by atoms with E-state index in [0.29, 0.717) is 6.54 Å². The second-order valence-electron chi connectivity index (χ2n) is 3.61. The molecule has 0 aromatic carbocycles. The van der Waals surface area contributed by atoms with Gasteiger partial charge in [-0.05, 0) is 13.0 Å². The summed E-state index contributed by atoms with van der Waals surface area (Å²) in [7, 11) is 1.43. The minimum Gasteiger partial charge on any atom is -0.355 e. The number of aromatic nitrogens is 1. The van der Waals surface area contributed by atoms with E-state index < -0.39 is 11.7 Å². The molecular weight excluding hydrogens is 261 g/mol. The molecule has 98 valence electrons. The van der Waals surface area contributed by atoms with Crippen LogP contribution in [-0.4, -0.2) is 41.8 Å². The van der Waals surface area contributed by atoms with Crippen molar-refractivity contribution in [2.45, 2.75) is 6.92 Å². The first-order valence-corrected chi connectivity index (χ1v) is 5.66. The van der Waals surface area contributed by atoms with Crippen LogP contribution in [0.25, 0.3) is 0 Å². The Morgan fingerprint density at radius 2 is 2.22 bits per heavy atom. The topological polar surface area (TPSA) is 62.3 Å². The second-order valence-corrected chi connectivity index (χ2v) is 3.96. The summed E-state index contributed by atoms with van der Waals surface area (Å²) in [6, 6.07) is 0.992. The molecule has 0 fully saturated rings. The smallest absolute Gasteiger partial charge is 0.257 e. The lowest BCUT2D eigenvalue weighted by Crippen LogP contribution is -2.38. The van der Waals surface area contributed by atoms with Crippen molar-refractivity contribution >= 4 is 23.4 Å². The van der Waals surface area contributed by atoms with Gasteiger partial charge in [-0.25, -0.2) is 9.37 Å². The fourth-order valence-corrected chi connectivity index (χ4v) is 1.50. The van der Waals surface area contributed by atoms with Crippen molar-refractivity contribution < 1.29 is 14.0 Å². The normalized spacial score (nSPS) is 10.0. The maximum absolute atomic E-state index is 13.0. The fourth-order valence-electron chi connectivity index (χ4n) is 1.32. The summed E-state index contributed by atoms with van der Waals surface area (Å²) in [6.07, 6.45) is 0.920. The number of hydrogen-bond donors (Lipinski definition) is 1. The summed E-state index contributed by atoms with van der Waals surface area (Å²) in [5.41, 5.74) is -0.0662. The van der Waals surface area contributed by atoms with Gasteiger partial charge in [-0.15, -0.1) is 0 Å². The van der Waals surface area contributed by atoms with Crippen LogP contribution in [0, 0.1) is 5.82 Å². The molecule has 0 unspecified atom stereocenters. The first-order valence-electron chi connectivity index (χ1n) is 5.29. The van der Waals surface area contributed by atoms with E-state index in [9.17, 15) is 14.0 Å². The third-order valence-electron chi connectivity index (χ3n) is 2.14. The molecule has 1 rings (SSSR count). The number of likely N-dealkylation sites (N-methyl/N-ethyl adjacent to an activating group) is 2. The molecule has 0 saturated heterocycles. The van der Waals surface area contributed by atoms with Gasteiger partial charge in [0.25, 0.3) is 5.91 Å². The molecule has 0 radical (unpaired) electrons. The van der Waals surface area contributed by atoms with Crippen molar-refractivity contribution in [3.8, 4) is 0 Å². The van der Waals surface area contributed by atoms with Gasteiger partial charge >= 0.3 is 0 Å². The van der Waals surface area contributed by atoms with Gasteiger partial charge in [-0.1, -0.05) is 11.6 Å². The zero-order chi connectivity index (χ0) is 13.7. The molecule has 0 aliphatic rings. The highest BCUT2D eigenvalue weighted by Crippen LogP contribution is 2.15. The molecule has 0 atom stereocenters. The molecule has 1 aromatic rings. The van der Waals surface area contributed by atoms with E-state index in [1.165, 1.54) is 7.05 Å². The summed E-state index contributed by atoms with van der Waals surface area (Å²) < 4.78 is 13.0. The minimum atomic E-state index is -0.658. The second kappa shape index (κ2) is 6.30. The SMILES string of the molecule is CCNC(=O)CN(C)C(=O)c1cc(F)cnc1Cl. The van der Waals surface area contributed by atoms with Gasteiger partial charge < -0.3 is 10.2 Å². The number of carbonyl (C=O) groups excluding carboxylic acids is 2. The molecule has 0 aliphatic heterocycles. The van der Waals surface area contributed by atoms with E-state index in [0.717, 1.165) is 17.2 Å². The van der Waals surface area contributed by atoms with E-state index in [2.05, 4.69) is 10.3 Å². The summed E-state index contributed by atoms with van der Waals surface area (Å²) >= 11 is 5.71. The molecular formula is C11H13ClFN3O2. The number of nitrogens with zero attached hydrogens (tertiary/aromatic N) is 2. The number of carbonyl (C=O) groups is 2. The standard InChI is InChI=1S/C11H13ClFN3O2/c1-3-14-9(17)6-16(2)11(18)8-4-7(13)5-15-10(8)12/h4-5H,3,6H2,1-2H3,(H,14,17). The molecule has 0 bridgehead atoms. The van der Waals surface area contributed by atoms with Gasteiger partial charge in [0.1, 0.15) is 11.0 Å². The Balaban J connectivity index is 2.80. The molecule has 0 aliphatic carbocycles. The van der Waals surface area contributed by atoms with E-state index in [1.807, 2.05) is 0 Å². The van der Waals surface area contributed by atoms with Crippen molar-refractivity contribution in [2.24, 2.45) is 0 Å². The molecule has 1 aromatic heterocycles. The highest BCUT2D eigenvalue weighted by atomic mass is 35.5. The predicted molar refractivity (Wildman–Crippen MR) is 64.8 cm³/mol. The Hall–Kier alpha value is -1.69. The Bertz CT molecular complexity index is 468. The van der Waals surface area contributed by atoms with Crippen LogP contribution >= 0.6 is 11.6 Å². The van der Waals surface area contributed by atoms with E-state index in [1.54, 1.807) is 6.92 Å². The molecule has 0 spiro atoms. The quantitative estimate of drug-likeness (QED) is 0.835. The first kappa shape index (κ1) is 14.4. The minimum absolute atomic E-state index is 0.0662. The first-order chi connectivity index (χ1) is 8.45. The van der Waals surface area contributed by atoms with E-state index >= 15 is 0 Å². The lowest BCUT2D eigenvalue weighted by Gasteiger charge is -2.16. The van der Waals surface area contributed by atoms with Gasteiger partial charge in [0, 0.05) is 13.6 Å². The number of hydrogen-bond acceptors (Lipinski definition) is 3. The summed E-state index contributed by atoms with van der Waals surface area (Å²) in [6.45, 7) is 2.12. The maximum atomic E-state index is 13.0. The van der Waals surface area contributed by atoms with Crippen molar-refractivity contribution in [3.05, 3.63) is 28.8 Å². The zero-order valence-electron chi connectivity index (χ0n) is 10.0. The number of pyridine rings is 1. The van der Waals surface area contributed by atoms with Crippen molar-refractivity contribution in [1.29, 1.82) is 0 Å². The molecule has 18 heavy (non-hydrogen) atoms. The Labute approximate surface area is 109 Å². The molecule has 1 heterocycles. The predicted octanol–water partition coefficient (Wildman–Crippen LogP) is 1.08. The van der Waals surface area contributed by atoms with Crippen LogP contribution in [0.4, 0.5) is 4.39 Å². The molecule has 1 N–H and O–H groups in total. The average Bonchev–Trinajstić information content (AvgIpc) is 2.31. The van der Waals surface area contributed by atoms with Crippen molar-refractivity contribution in [1.82, 2.24) is 15.2 Å². The summed E-state index contributed by atoms with van der Waals surface area (Å²) in [5, 5.41) is 2.46. The van der Waals surface area contributed by atoms with Crippen LogP contribution in [0.1, 0.15) is 17.3 Å². The van der Waals surface area contributed by atoms with Crippen LogP contribution in [0.15, 0.2) is 12.3 Å². The zero-order valence-corrected chi connectivity index (χ0v) is 10.8. The van der Waals surface area contributed by atoms with Gasteiger partial charge in [0.2, 0.25) is 5.91 Å². The van der Waals surface area contributed by atoms with Crippen molar-refractivity contribution in [3.63, 3.8) is 0 Å². The highest BCUT2D eigenvalue weighted by Gasteiger charge is 2.18. The van der Waals surface area contributed by atoms with Gasteiger partial charge in [0.05, 0.1) is 18.3 Å². The van der Waals surface area contributed by atoms with Gasteiger partial charge in [0.15, 0.2) is 0 Å². The van der Waals surface area contributed by atoms with Crippen LogP contribution in [0.3, 0.4) is 0 Å². The Morgan fingerprint density at radius 3 is 2.83 bits per heavy atom. The number of rotatable bonds is 4. The third-order valence-corrected chi connectivity index (χ3v) is 2.44. The van der Waals surface area contributed by atoms with Crippen LogP contribution in [0.2, 0.25) is 5.15 Å². The van der Waals surface area contributed by atoms with E-state index in [4.69, 9.17) is 11.6 Å². The maximum Gasteiger partial charge on any atom is 0.257 e. The molecule has 7 heteroatoms. The average molecular weight is 274 g/mol. The van der Waals surface area contributed by atoms with E-state index in [-0.39, 0.29) is 23.2 Å². The van der Waals surface area contributed by atoms with Gasteiger partial charge in [-0.2, -0.15) is 0 Å². The monoisotopic (exact) mass is 273 g/mol. The largest absolute Gasteiger partial charge is 0.355 e. The van der Waals surface area contributed by atoms with Crippen LogP contribution in [-0.2, 0) is 4.79 Å². The number of nitrogens with one attached hydrogen (secondary N) is 1. The molecule has 5 nitrogen and oxygen atoms in total.